The van der Waals surface area contributed by atoms with Crippen LogP contribution in [-0.2, 0) is 14.8 Å². The van der Waals surface area contributed by atoms with E-state index < -0.39 is 15.6 Å². The zero-order valence-corrected chi connectivity index (χ0v) is 12.3. The number of rotatable bonds is 7. The molecule has 0 radical (unpaired) electrons. The van der Waals surface area contributed by atoms with Gasteiger partial charge in [0.1, 0.15) is 0 Å². The van der Waals surface area contributed by atoms with Gasteiger partial charge in [-0.25, -0.2) is 13.1 Å². The van der Waals surface area contributed by atoms with E-state index in [9.17, 15) is 13.5 Å². The van der Waals surface area contributed by atoms with Gasteiger partial charge in [-0.1, -0.05) is 12.1 Å². The lowest BCUT2D eigenvalue weighted by atomic mass is 10.0. The molecule has 0 aliphatic rings. The van der Waals surface area contributed by atoms with Gasteiger partial charge in [0.2, 0.25) is 10.0 Å². The Kier molecular flexibility index (Phi) is 5.49. The summed E-state index contributed by atoms with van der Waals surface area (Å²) in [5.41, 5.74) is -0.263. The molecule has 0 spiro atoms. The molecule has 1 aromatic rings. The molecule has 1 atom stereocenters. The molecule has 0 fully saturated rings. The smallest absolute Gasteiger partial charge is 0.240 e. The van der Waals surface area contributed by atoms with Gasteiger partial charge in [-0.15, -0.1) is 0 Å². The fraction of sp³-hybridized carbons (Fsp3) is 0.538. The van der Waals surface area contributed by atoms with Crippen molar-refractivity contribution in [3.05, 3.63) is 29.8 Å². The zero-order chi connectivity index (χ0) is 14.5. The van der Waals surface area contributed by atoms with E-state index in [2.05, 4.69) is 4.72 Å². The second-order valence-electron chi connectivity index (χ2n) is 4.88. The molecule has 0 bridgehead atoms. The first kappa shape index (κ1) is 16.1. The summed E-state index contributed by atoms with van der Waals surface area (Å²) in [6.45, 7) is 3.73. The van der Waals surface area contributed by atoms with Gasteiger partial charge >= 0.3 is 0 Å². The van der Waals surface area contributed by atoms with Crippen molar-refractivity contribution in [3.63, 3.8) is 0 Å². The number of aliphatic hydroxyl groups is 1. The Morgan fingerprint density at radius 2 is 2.11 bits per heavy atom. The molecule has 5 nitrogen and oxygen atoms in total. The largest absolute Gasteiger partial charge is 0.389 e. The van der Waals surface area contributed by atoms with Gasteiger partial charge < -0.3 is 9.84 Å². The Morgan fingerprint density at radius 1 is 1.42 bits per heavy atom. The molecule has 1 unspecified atom stereocenters. The Hall–Kier alpha value is -0.950. The number of sulfonamides is 1. The highest BCUT2D eigenvalue weighted by Crippen LogP contribution is 2.13. The van der Waals surface area contributed by atoms with Crippen molar-refractivity contribution in [2.24, 2.45) is 0 Å². The summed E-state index contributed by atoms with van der Waals surface area (Å²) in [7, 11) is -2.06. The van der Waals surface area contributed by atoms with Crippen LogP contribution in [0, 0.1) is 6.92 Å². The van der Waals surface area contributed by atoms with Crippen LogP contribution in [0.25, 0.3) is 0 Å². The summed E-state index contributed by atoms with van der Waals surface area (Å²) >= 11 is 0. The molecular formula is C13H21NO4S. The number of benzene rings is 1. The topological polar surface area (TPSA) is 75.6 Å². The van der Waals surface area contributed by atoms with Crippen LogP contribution in [0.2, 0.25) is 0 Å². The Labute approximate surface area is 114 Å². The van der Waals surface area contributed by atoms with E-state index in [0.29, 0.717) is 13.0 Å². The maximum Gasteiger partial charge on any atom is 0.240 e. The molecular weight excluding hydrogens is 266 g/mol. The SMILES string of the molecule is COCCC(C)(O)CNS(=O)(=O)c1cccc(C)c1. The molecule has 108 valence electrons. The predicted octanol–water partition coefficient (Wildman–Crippen LogP) is 1.06. The zero-order valence-electron chi connectivity index (χ0n) is 11.5. The van der Waals surface area contributed by atoms with Crippen molar-refractivity contribution < 1.29 is 18.3 Å². The molecule has 0 saturated heterocycles. The Bertz CT molecular complexity index is 511. The standard InChI is InChI=1S/C13H21NO4S/c1-11-5-4-6-12(9-11)19(16,17)14-10-13(2,15)7-8-18-3/h4-6,9,14-15H,7-8,10H2,1-3H3. The van der Waals surface area contributed by atoms with Gasteiger partial charge in [0.25, 0.3) is 0 Å². The average Bonchev–Trinajstić information content (AvgIpc) is 2.34. The summed E-state index contributed by atoms with van der Waals surface area (Å²) in [5.74, 6) is 0. The molecule has 6 heteroatoms. The van der Waals surface area contributed by atoms with Gasteiger partial charge in [0.05, 0.1) is 10.5 Å². The number of methoxy groups -OCH3 is 1. The lowest BCUT2D eigenvalue weighted by Crippen LogP contribution is -2.41. The normalized spacial score (nSPS) is 15.2. The van der Waals surface area contributed by atoms with Crippen molar-refractivity contribution in [1.82, 2.24) is 4.72 Å². The minimum atomic E-state index is -3.59. The second-order valence-corrected chi connectivity index (χ2v) is 6.65. The third kappa shape index (κ3) is 5.28. The molecule has 2 N–H and O–H groups in total. The highest BCUT2D eigenvalue weighted by atomic mass is 32.2. The van der Waals surface area contributed by atoms with Gasteiger partial charge in [-0.05, 0) is 31.5 Å². The van der Waals surface area contributed by atoms with Crippen LogP contribution in [-0.4, -0.2) is 39.4 Å². The number of hydrogen-bond donors (Lipinski definition) is 2. The summed E-state index contributed by atoms with van der Waals surface area (Å²) in [4.78, 5) is 0.204. The monoisotopic (exact) mass is 287 g/mol. The van der Waals surface area contributed by atoms with E-state index in [-0.39, 0.29) is 11.4 Å². The van der Waals surface area contributed by atoms with Crippen LogP contribution < -0.4 is 4.72 Å². The predicted molar refractivity (Wildman–Crippen MR) is 73.5 cm³/mol. The molecule has 0 aliphatic heterocycles. The third-order valence-corrected chi connectivity index (χ3v) is 4.19. The van der Waals surface area contributed by atoms with Crippen molar-refractivity contribution in [2.45, 2.75) is 30.8 Å². The second kappa shape index (κ2) is 6.47. The average molecular weight is 287 g/mol. The van der Waals surface area contributed by atoms with Crippen LogP contribution in [0.15, 0.2) is 29.2 Å². The molecule has 0 aromatic heterocycles. The highest BCUT2D eigenvalue weighted by Gasteiger charge is 2.23. The Morgan fingerprint density at radius 3 is 2.68 bits per heavy atom. The minimum absolute atomic E-state index is 0.0490. The highest BCUT2D eigenvalue weighted by molar-refractivity contribution is 7.89. The van der Waals surface area contributed by atoms with Gasteiger partial charge in [-0.3, -0.25) is 0 Å². The van der Waals surface area contributed by atoms with Gasteiger partial charge in [0, 0.05) is 26.7 Å². The molecule has 0 aliphatic carbocycles. The van der Waals surface area contributed by atoms with E-state index in [1.54, 1.807) is 19.1 Å². The van der Waals surface area contributed by atoms with E-state index in [0.717, 1.165) is 5.56 Å². The molecule has 0 heterocycles. The molecule has 0 amide bonds. The van der Waals surface area contributed by atoms with E-state index in [1.807, 2.05) is 13.0 Å². The van der Waals surface area contributed by atoms with Gasteiger partial charge in [0.15, 0.2) is 0 Å². The fourth-order valence-electron chi connectivity index (χ4n) is 1.53. The minimum Gasteiger partial charge on any atom is -0.389 e. The van der Waals surface area contributed by atoms with Gasteiger partial charge in [-0.2, -0.15) is 0 Å². The number of ether oxygens (including phenoxy) is 1. The maximum absolute atomic E-state index is 12.1. The van der Waals surface area contributed by atoms with E-state index >= 15 is 0 Å². The summed E-state index contributed by atoms with van der Waals surface area (Å²) in [6, 6.07) is 6.63. The fourth-order valence-corrected chi connectivity index (χ4v) is 2.79. The quantitative estimate of drug-likeness (QED) is 0.786. The number of hydrogen-bond acceptors (Lipinski definition) is 4. The van der Waals surface area contributed by atoms with Crippen LogP contribution in [0.1, 0.15) is 18.9 Å². The van der Waals surface area contributed by atoms with E-state index in [1.165, 1.54) is 13.2 Å². The summed E-state index contributed by atoms with van der Waals surface area (Å²) in [5, 5.41) is 10.0. The van der Waals surface area contributed by atoms with Crippen LogP contribution in [0.4, 0.5) is 0 Å². The van der Waals surface area contributed by atoms with Crippen molar-refractivity contribution >= 4 is 10.0 Å². The van der Waals surface area contributed by atoms with Crippen LogP contribution in [0.5, 0.6) is 0 Å². The van der Waals surface area contributed by atoms with Crippen molar-refractivity contribution in [1.29, 1.82) is 0 Å². The van der Waals surface area contributed by atoms with Crippen LogP contribution >= 0.6 is 0 Å². The summed E-state index contributed by atoms with van der Waals surface area (Å²) in [6.07, 6.45) is 0.361. The van der Waals surface area contributed by atoms with E-state index in [4.69, 9.17) is 4.74 Å². The lowest BCUT2D eigenvalue weighted by Gasteiger charge is -2.23. The first-order valence-electron chi connectivity index (χ1n) is 6.04. The molecule has 0 saturated carbocycles. The lowest BCUT2D eigenvalue weighted by molar-refractivity contribution is 0.0292. The third-order valence-electron chi connectivity index (χ3n) is 2.79. The molecule has 1 rings (SSSR count). The first-order valence-corrected chi connectivity index (χ1v) is 7.53. The summed E-state index contributed by atoms with van der Waals surface area (Å²) < 4.78 is 31.4. The number of nitrogens with one attached hydrogen (secondary N) is 1. The number of aryl methyl sites for hydroxylation is 1. The molecule has 19 heavy (non-hydrogen) atoms. The van der Waals surface area contributed by atoms with Crippen molar-refractivity contribution in [3.8, 4) is 0 Å². The van der Waals surface area contributed by atoms with Crippen LogP contribution in [0.3, 0.4) is 0 Å². The Balaban J connectivity index is 2.71. The van der Waals surface area contributed by atoms with Crippen molar-refractivity contribution in [2.75, 3.05) is 20.3 Å². The first-order chi connectivity index (χ1) is 8.77. The molecule has 1 aromatic carbocycles. The maximum atomic E-state index is 12.1.